The molecule has 0 saturated heterocycles. The van der Waals surface area contributed by atoms with Crippen LogP contribution in [0.5, 0.6) is 0 Å². The fourth-order valence-electron chi connectivity index (χ4n) is 3.56. The lowest BCUT2D eigenvalue weighted by molar-refractivity contribution is -0.313. The summed E-state index contributed by atoms with van der Waals surface area (Å²) in [5, 5.41) is 11.3. The lowest BCUT2D eigenvalue weighted by atomic mass is 9.82. The lowest BCUT2D eigenvalue weighted by Gasteiger charge is -2.32. The average molecular weight is 264 g/mol. The minimum absolute atomic E-state index is 0.00551. The second-order valence-electron chi connectivity index (χ2n) is 5.64. The maximum atomic E-state index is 12.6. The van der Waals surface area contributed by atoms with Crippen LogP contribution in [0.15, 0.2) is 12.2 Å². The first-order valence-electron chi connectivity index (χ1n) is 7.28. The molecule has 1 saturated carbocycles. The lowest BCUT2D eigenvalue weighted by Crippen LogP contribution is -2.46. The van der Waals surface area contributed by atoms with Gasteiger partial charge < -0.3 is 14.8 Å². The number of nitrogens with zero attached hydrogens (tertiary/aromatic N) is 1. The Bertz CT molecular complexity index is 385. The van der Waals surface area contributed by atoms with E-state index in [0.717, 1.165) is 19.3 Å². The summed E-state index contributed by atoms with van der Waals surface area (Å²) in [5.74, 6) is -2.00. The number of carbonyl (C=O) groups is 2. The van der Waals surface area contributed by atoms with E-state index in [9.17, 15) is 14.7 Å². The molecule has 0 aromatic carbocycles. The molecule has 0 radical (unpaired) electrons. The number of hydrogen-bond acceptors (Lipinski definition) is 3. The second-order valence-corrected chi connectivity index (χ2v) is 5.64. The van der Waals surface area contributed by atoms with E-state index >= 15 is 0 Å². The second kappa shape index (κ2) is 5.76. The van der Waals surface area contributed by atoms with Crippen LogP contribution < -0.4 is 5.11 Å². The monoisotopic (exact) mass is 264 g/mol. The first kappa shape index (κ1) is 14.1. The van der Waals surface area contributed by atoms with Gasteiger partial charge in [-0.1, -0.05) is 26.0 Å². The fourth-order valence-corrected chi connectivity index (χ4v) is 3.56. The molecule has 2 bridgehead atoms. The predicted octanol–water partition coefficient (Wildman–Crippen LogP) is 0.823. The molecular formula is C15H22NO3-. The number of carbonyl (C=O) groups excluding carboxylic acids is 2. The Morgan fingerprint density at radius 2 is 1.63 bits per heavy atom. The highest BCUT2D eigenvalue weighted by molar-refractivity contribution is 5.86. The topological polar surface area (TPSA) is 60.4 Å². The molecular weight excluding hydrogens is 242 g/mol. The van der Waals surface area contributed by atoms with Crippen molar-refractivity contribution < 1.29 is 14.7 Å². The van der Waals surface area contributed by atoms with Crippen LogP contribution in [-0.2, 0) is 9.59 Å². The van der Waals surface area contributed by atoms with E-state index in [-0.39, 0.29) is 17.7 Å². The Morgan fingerprint density at radius 1 is 1.11 bits per heavy atom. The fraction of sp³-hybridized carbons (Fsp3) is 0.733. The van der Waals surface area contributed by atoms with Crippen molar-refractivity contribution in [2.24, 2.45) is 23.7 Å². The van der Waals surface area contributed by atoms with Crippen LogP contribution in [0, 0.1) is 23.7 Å². The molecule has 4 atom stereocenters. The van der Waals surface area contributed by atoms with Gasteiger partial charge in [0, 0.05) is 25.0 Å². The number of amides is 1. The van der Waals surface area contributed by atoms with Gasteiger partial charge in [-0.15, -0.1) is 0 Å². The van der Waals surface area contributed by atoms with Crippen molar-refractivity contribution in [2.75, 3.05) is 13.1 Å². The summed E-state index contributed by atoms with van der Waals surface area (Å²) in [6.07, 6.45) is 6.56. The van der Waals surface area contributed by atoms with Gasteiger partial charge in [-0.25, -0.2) is 0 Å². The molecule has 4 heteroatoms. The van der Waals surface area contributed by atoms with Crippen LogP contribution in [0.25, 0.3) is 0 Å². The SMILES string of the molecule is CCCN(CCC)C(=O)C1C2C=CC(C2)C1C(=O)[O-]. The largest absolute Gasteiger partial charge is 0.550 e. The molecule has 0 N–H and O–H groups in total. The molecule has 106 valence electrons. The molecule has 4 nitrogen and oxygen atoms in total. The highest BCUT2D eigenvalue weighted by Crippen LogP contribution is 2.48. The van der Waals surface area contributed by atoms with E-state index < -0.39 is 17.8 Å². The smallest absolute Gasteiger partial charge is 0.226 e. The van der Waals surface area contributed by atoms with Gasteiger partial charge >= 0.3 is 0 Å². The Morgan fingerprint density at radius 3 is 2.11 bits per heavy atom. The summed E-state index contributed by atoms with van der Waals surface area (Å²) in [6.45, 7) is 5.49. The standard InChI is InChI=1S/C15H23NO3/c1-3-7-16(8-4-2)14(17)12-10-5-6-11(9-10)13(12)15(18)19/h5-6,10-13H,3-4,7-9H2,1-2H3,(H,18,19)/p-1. The van der Waals surface area contributed by atoms with E-state index in [2.05, 4.69) is 0 Å². The van der Waals surface area contributed by atoms with Gasteiger partial charge in [0.2, 0.25) is 5.91 Å². The van der Waals surface area contributed by atoms with Crippen molar-refractivity contribution in [1.29, 1.82) is 0 Å². The Hall–Kier alpha value is -1.32. The van der Waals surface area contributed by atoms with Gasteiger partial charge in [0.25, 0.3) is 0 Å². The van der Waals surface area contributed by atoms with Crippen LogP contribution in [0.3, 0.4) is 0 Å². The first-order chi connectivity index (χ1) is 9.10. The number of rotatable bonds is 6. The molecule has 1 fully saturated rings. The average Bonchev–Trinajstić information content (AvgIpc) is 2.97. The molecule has 2 aliphatic carbocycles. The summed E-state index contributed by atoms with van der Waals surface area (Å²) < 4.78 is 0. The summed E-state index contributed by atoms with van der Waals surface area (Å²) in [4.78, 5) is 25.8. The molecule has 19 heavy (non-hydrogen) atoms. The predicted molar refractivity (Wildman–Crippen MR) is 69.9 cm³/mol. The van der Waals surface area contributed by atoms with E-state index in [4.69, 9.17) is 0 Å². The number of allylic oxidation sites excluding steroid dienone is 2. The van der Waals surface area contributed by atoms with Crippen LogP contribution in [-0.4, -0.2) is 29.9 Å². The number of aliphatic carboxylic acids is 1. The third-order valence-corrected chi connectivity index (χ3v) is 4.32. The Labute approximate surface area is 114 Å². The summed E-state index contributed by atoms with van der Waals surface area (Å²) >= 11 is 0. The van der Waals surface area contributed by atoms with Crippen LogP contribution >= 0.6 is 0 Å². The highest BCUT2D eigenvalue weighted by atomic mass is 16.4. The molecule has 1 amide bonds. The zero-order chi connectivity index (χ0) is 14.0. The molecule has 0 aliphatic heterocycles. The maximum absolute atomic E-state index is 12.6. The van der Waals surface area contributed by atoms with E-state index in [0.29, 0.717) is 13.1 Å². The third kappa shape index (κ3) is 2.53. The van der Waals surface area contributed by atoms with Gasteiger partial charge in [-0.3, -0.25) is 4.79 Å². The first-order valence-corrected chi connectivity index (χ1v) is 7.28. The summed E-state index contributed by atoms with van der Waals surface area (Å²) in [5.41, 5.74) is 0. The summed E-state index contributed by atoms with van der Waals surface area (Å²) in [6, 6.07) is 0. The van der Waals surface area contributed by atoms with E-state index in [1.807, 2.05) is 30.9 Å². The Balaban J connectivity index is 2.16. The van der Waals surface area contributed by atoms with Crippen LogP contribution in [0.4, 0.5) is 0 Å². The van der Waals surface area contributed by atoms with Gasteiger partial charge in [-0.05, 0) is 31.1 Å². The summed E-state index contributed by atoms with van der Waals surface area (Å²) in [7, 11) is 0. The number of carboxylic acids is 1. The van der Waals surface area contributed by atoms with Gasteiger partial charge in [-0.2, -0.15) is 0 Å². The molecule has 0 aromatic rings. The zero-order valence-electron chi connectivity index (χ0n) is 11.7. The normalized spacial score (nSPS) is 31.7. The third-order valence-electron chi connectivity index (χ3n) is 4.32. The van der Waals surface area contributed by atoms with E-state index in [1.165, 1.54) is 0 Å². The Kier molecular flexibility index (Phi) is 4.27. The number of fused-ring (bicyclic) bond motifs is 2. The minimum atomic E-state index is -1.07. The minimum Gasteiger partial charge on any atom is -0.550 e. The van der Waals surface area contributed by atoms with Gasteiger partial charge in [0.1, 0.15) is 0 Å². The van der Waals surface area contributed by atoms with Gasteiger partial charge in [0.15, 0.2) is 0 Å². The van der Waals surface area contributed by atoms with Crippen molar-refractivity contribution in [3.63, 3.8) is 0 Å². The van der Waals surface area contributed by atoms with Crippen molar-refractivity contribution >= 4 is 11.9 Å². The van der Waals surface area contributed by atoms with Gasteiger partial charge in [0.05, 0.1) is 5.92 Å². The van der Waals surface area contributed by atoms with Crippen LogP contribution in [0.2, 0.25) is 0 Å². The maximum Gasteiger partial charge on any atom is 0.226 e. The van der Waals surface area contributed by atoms with Crippen LogP contribution in [0.1, 0.15) is 33.1 Å². The molecule has 2 aliphatic rings. The molecule has 2 rings (SSSR count). The molecule has 0 aromatic heterocycles. The van der Waals surface area contributed by atoms with Crippen molar-refractivity contribution in [3.8, 4) is 0 Å². The molecule has 0 heterocycles. The zero-order valence-corrected chi connectivity index (χ0v) is 11.7. The molecule has 0 spiro atoms. The number of carboxylic acid groups (broad SMARTS) is 1. The highest BCUT2D eigenvalue weighted by Gasteiger charge is 2.49. The van der Waals surface area contributed by atoms with Crippen molar-refractivity contribution in [1.82, 2.24) is 4.90 Å². The van der Waals surface area contributed by atoms with E-state index in [1.54, 1.807) is 0 Å². The number of hydrogen-bond donors (Lipinski definition) is 0. The van der Waals surface area contributed by atoms with Crippen molar-refractivity contribution in [3.05, 3.63) is 12.2 Å². The molecule has 4 unspecified atom stereocenters. The quantitative estimate of drug-likeness (QED) is 0.667. The van der Waals surface area contributed by atoms with Crippen molar-refractivity contribution in [2.45, 2.75) is 33.1 Å².